The maximum atomic E-state index is 12.4. The predicted molar refractivity (Wildman–Crippen MR) is 75.7 cm³/mol. The summed E-state index contributed by atoms with van der Waals surface area (Å²) in [6, 6.07) is 1.85. The van der Waals surface area contributed by atoms with Crippen molar-refractivity contribution < 1.29 is 4.79 Å². The molecular formula is C15H27N3O. The quantitative estimate of drug-likeness (QED) is 0.823. The molecular weight excluding hydrogens is 238 g/mol. The Balaban J connectivity index is 1.77. The number of hydrogen-bond acceptors (Lipinski definition) is 3. The standard InChI is InChI=1S/C15H27N3O/c1-4-14-16-10(2)15(19)18(14)13-8-11-6-5-7-12(9-13)17(11)3/h10-14,16H,4-9H2,1-3H3. The van der Waals surface area contributed by atoms with Crippen LogP contribution in [0.5, 0.6) is 0 Å². The van der Waals surface area contributed by atoms with E-state index in [1.165, 1.54) is 32.1 Å². The molecule has 4 atom stereocenters. The van der Waals surface area contributed by atoms with Crippen LogP contribution in [-0.4, -0.2) is 53.1 Å². The first-order valence-corrected chi connectivity index (χ1v) is 7.92. The van der Waals surface area contributed by atoms with Crippen LogP contribution in [-0.2, 0) is 4.79 Å². The summed E-state index contributed by atoms with van der Waals surface area (Å²) in [5, 5.41) is 3.44. The SMILES string of the molecule is CCC1NC(C)C(=O)N1C1CC2CCCC(C1)N2C. The minimum atomic E-state index is 0.00412. The molecule has 4 unspecified atom stereocenters. The first-order valence-electron chi connectivity index (χ1n) is 7.92. The summed E-state index contributed by atoms with van der Waals surface area (Å²) < 4.78 is 0. The molecule has 0 aromatic rings. The van der Waals surface area contributed by atoms with E-state index < -0.39 is 0 Å². The highest BCUT2D eigenvalue weighted by atomic mass is 16.2. The van der Waals surface area contributed by atoms with Crippen LogP contribution in [0, 0.1) is 0 Å². The number of nitrogens with one attached hydrogen (secondary N) is 1. The highest BCUT2D eigenvalue weighted by molar-refractivity contribution is 5.84. The average Bonchev–Trinajstić information content (AvgIpc) is 2.65. The van der Waals surface area contributed by atoms with Crippen LogP contribution in [0.2, 0.25) is 0 Å². The van der Waals surface area contributed by atoms with Crippen LogP contribution in [0.4, 0.5) is 0 Å². The molecule has 3 fully saturated rings. The molecule has 0 spiro atoms. The van der Waals surface area contributed by atoms with Gasteiger partial charge in [-0.2, -0.15) is 0 Å². The minimum Gasteiger partial charge on any atom is -0.323 e. The lowest BCUT2D eigenvalue weighted by atomic mass is 9.81. The van der Waals surface area contributed by atoms with Crippen molar-refractivity contribution in [2.45, 2.75) is 82.7 Å². The summed E-state index contributed by atoms with van der Waals surface area (Å²) in [6.07, 6.45) is 7.60. The van der Waals surface area contributed by atoms with Crippen molar-refractivity contribution in [2.75, 3.05) is 7.05 Å². The summed E-state index contributed by atoms with van der Waals surface area (Å²) in [5.74, 6) is 0.319. The van der Waals surface area contributed by atoms with E-state index in [0.29, 0.717) is 24.0 Å². The maximum Gasteiger partial charge on any atom is 0.240 e. The van der Waals surface area contributed by atoms with Crippen LogP contribution in [0.25, 0.3) is 0 Å². The molecule has 3 aliphatic rings. The molecule has 3 heterocycles. The Hall–Kier alpha value is -0.610. The van der Waals surface area contributed by atoms with Gasteiger partial charge in [0.15, 0.2) is 0 Å². The Kier molecular flexibility index (Phi) is 3.56. The summed E-state index contributed by atoms with van der Waals surface area (Å²) in [7, 11) is 2.27. The zero-order valence-corrected chi connectivity index (χ0v) is 12.4. The molecule has 2 bridgehead atoms. The summed E-state index contributed by atoms with van der Waals surface area (Å²) in [6.45, 7) is 4.17. The van der Waals surface area contributed by atoms with Crippen LogP contribution >= 0.6 is 0 Å². The number of fused-ring (bicyclic) bond motifs is 2. The number of carbonyl (C=O) groups is 1. The topological polar surface area (TPSA) is 35.6 Å². The number of nitrogens with zero attached hydrogens (tertiary/aromatic N) is 2. The van der Waals surface area contributed by atoms with Gasteiger partial charge < -0.3 is 9.80 Å². The predicted octanol–water partition coefficient (Wildman–Crippen LogP) is 1.56. The van der Waals surface area contributed by atoms with E-state index >= 15 is 0 Å². The van der Waals surface area contributed by atoms with Gasteiger partial charge in [-0.05, 0) is 46.1 Å². The zero-order chi connectivity index (χ0) is 13.6. The second-order valence-corrected chi connectivity index (χ2v) is 6.59. The van der Waals surface area contributed by atoms with Gasteiger partial charge in [0.05, 0.1) is 12.2 Å². The third kappa shape index (κ3) is 2.19. The van der Waals surface area contributed by atoms with Crippen molar-refractivity contribution in [3.05, 3.63) is 0 Å². The van der Waals surface area contributed by atoms with Gasteiger partial charge in [0.1, 0.15) is 0 Å². The highest BCUT2D eigenvalue weighted by Crippen LogP contribution is 2.36. The summed E-state index contributed by atoms with van der Waals surface area (Å²) in [5.41, 5.74) is 0. The molecule has 108 valence electrons. The lowest BCUT2D eigenvalue weighted by Gasteiger charge is -2.49. The van der Waals surface area contributed by atoms with Crippen molar-refractivity contribution in [2.24, 2.45) is 0 Å². The molecule has 0 aliphatic carbocycles. The second kappa shape index (κ2) is 5.06. The van der Waals surface area contributed by atoms with Crippen LogP contribution in [0.15, 0.2) is 0 Å². The first-order chi connectivity index (χ1) is 9.11. The molecule has 4 nitrogen and oxygen atoms in total. The largest absolute Gasteiger partial charge is 0.323 e. The Labute approximate surface area is 116 Å². The van der Waals surface area contributed by atoms with Gasteiger partial charge in [0, 0.05) is 18.1 Å². The van der Waals surface area contributed by atoms with Gasteiger partial charge >= 0.3 is 0 Å². The first kappa shape index (κ1) is 13.4. The van der Waals surface area contributed by atoms with Crippen LogP contribution in [0.1, 0.15) is 52.4 Å². The van der Waals surface area contributed by atoms with Crippen LogP contribution in [0.3, 0.4) is 0 Å². The van der Waals surface area contributed by atoms with Crippen molar-refractivity contribution >= 4 is 5.91 Å². The van der Waals surface area contributed by atoms with Crippen molar-refractivity contribution in [3.8, 4) is 0 Å². The highest BCUT2D eigenvalue weighted by Gasteiger charge is 2.45. The normalized spacial score (nSPS) is 43.8. The van der Waals surface area contributed by atoms with Crippen molar-refractivity contribution in [3.63, 3.8) is 0 Å². The van der Waals surface area contributed by atoms with E-state index in [-0.39, 0.29) is 12.2 Å². The Morgan fingerprint density at radius 1 is 1.21 bits per heavy atom. The average molecular weight is 265 g/mol. The molecule has 0 saturated carbocycles. The smallest absolute Gasteiger partial charge is 0.240 e. The van der Waals surface area contributed by atoms with E-state index in [1.54, 1.807) is 0 Å². The van der Waals surface area contributed by atoms with Gasteiger partial charge in [-0.1, -0.05) is 13.3 Å². The zero-order valence-electron chi connectivity index (χ0n) is 12.4. The van der Waals surface area contributed by atoms with Crippen LogP contribution < -0.4 is 5.32 Å². The fourth-order valence-electron chi connectivity index (χ4n) is 4.38. The molecule has 0 aromatic heterocycles. The third-order valence-corrected chi connectivity index (χ3v) is 5.50. The van der Waals surface area contributed by atoms with Crippen molar-refractivity contribution in [1.29, 1.82) is 0 Å². The van der Waals surface area contributed by atoms with E-state index in [2.05, 4.69) is 29.1 Å². The summed E-state index contributed by atoms with van der Waals surface area (Å²) >= 11 is 0. The molecule has 3 rings (SSSR count). The minimum absolute atomic E-state index is 0.00412. The Morgan fingerprint density at radius 3 is 2.42 bits per heavy atom. The fourth-order valence-corrected chi connectivity index (χ4v) is 4.38. The molecule has 4 heteroatoms. The van der Waals surface area contributed by atoms with E-state index in [4.69, 9.17) is 0 Å². The number of carbonyl (C=O) groups excluding carboxylic acids is 1. The Morgan fingerprint density at radius 2 is 1.84 bits per heavy atom. The molecule has 19 heavy (non-hydrogen) atoms. The lowest BCUT2D eigenvalue weighted by molar-refractivity contribution is -0.134. The number of hydrogen-bond donors (Lipinski definition) is 1. The van der Waals surface area contributed by atoms with Gasteiger partial charge in [-0.3, -0.25) is 10.1 Å². The monoisotopic (exact) mass is 265 g/mol. The van der Waals surface area contributed by atoms with E-state index in [9.17, 15) is 4.79 Å². The summed E-state index contributed by atoms with van der Waals surface area (Å²) in [4.78, 5) is 17.2. The lowest BCUT2D eigenvalue weighted by Crippen LogP contribution is -2.57. The molecule has 1 N–H and O–H groups in total. The number of piperidine rings is 2. The molecule has 0 radical (unpaired) electrons. The fraction of sp³-hybridized carbons (Fsp3) is 0.933. The molecule has 0 aromatic carbocycles. The number of amides is 1. The van der Waals surface area contributed by atoms with E-state index in [0.717, 1.165) is 6.42 Å². The van der Waals surface area contributed by atoms with Gasteiger partial charge in [0.2, 0.25) is 5.91 Å². The Bertz CT molecular complexity index is 345. The van der Waals surface area contributed by atoms with E-state index in [1.807, 2.05) is 6.92 Å². The maximum absolute atomic E-state index is 12.4. The van der Waals surface area contributed by atoms with Gasteiger partial charge in [0.25, 0.3) is 0 Å². The molecule has 3 saturated heterocycles. The second-order valence-electron chi connectivity index (χ2n) is 6.59. The number of rotatable bonds is 2. The molecule has 1 amide bonds. The molecule has 3 aliphatic heterocycles. The van der Waals surface area contributed by atoms with Gasteiger partial charge in [-0.25, -0.2) is 0 Å². The van der Waals surface area contributed by atoms with Crippen molar-refractivity contribution in [1.82, 2.24) is 15.1 Å². The van der Waals surface area contributed by atoms with Gasteiger partial charge in [-0.15, -0.1) is 0 Å². The third-order valence-electron chi connectivity index (χ3n) is 5.50.